The summed E-state index contributed by atoms with van der Waals surface area (Å²) in [5.41, 5.74) is 0.354. The van der Waals surface area contributed by atoms with E-state index in [2.05, 4.69) is 5.32 Å². The highest BCUT2D eigenvalue weighted by Gasteiger charge is 2.33. The summed E-state index contributed by atoms with van der Waals surface area (Å²) in [6.45, 7) is 2.01. The summed E-state index contributed by atoms with van der Waals surface area (Å²) >= 11 is 1.30. The molecule has 0 radical (unpaired) electrons. The third-order valence-electron chi connectivity index (χ3n) is 3.85. The Bertz CT molecular complexity index is 757. The lowest BCUT2D eigenvalue weighted by Crippen LogP contribution is -2.45. The molecule has 0 saturated heterocycles. The molecule has 1 atom stereocenters. The Hall–Kier alpha value is -2.38. The standard InChI is InChI=1S/C18H21NO5S/c1-18(10-15(20)21,13-5-4-6-14(9-13)24-3)19-17(22)16-12(11-23-2)7-8-25-16/h4-9H,10-11H2,1-3H3,(H,19,22)(H,20,21). The molecule has 1 heterocycles. The number of thiophene rings is 1. The Labute approximate surface area is 150 Å². The maximum atomic E-state index is 12.7. The van der Waals surface area contributed by atoms with Crippen molar-refractivity contribution in [2.75, 3.05) is 14.2 Å². The molecule has 0 saturated carbocycles. The van der Waals surface area contributed by atoms with Gasteiger partial charge in [0.1, 0.15) is 5.75 Å². The Kier molecular flexibility index (Phi) is 6.17. The summed E-state index contributed by atoms with van der Waals surface area (Å²) in [7, 11) is 3.10. The normalized spacial score (nSPS) is 13.1. The van der Waals surface area contributed by atoms with Gasteiger partial charge in [0.2, 0.25) is 0 Å². The van der Waals surface area contributed by atoms with Crippen molar-refractivity contribution in [2.24, 2.45) is 0 Å². The lowest BCUT2D eigenvalue weighted by Gasteiger charge is -2.30. The zero-order chi connectivity index (χ0) is 18.4. The van der Waals surface area contributed by atoms with Crippen molar-refractivity contribution in [2.45, 2.75) is 25.5 Å². The summed E-state index contributed by atoms with van der Waals surface area (Å²) in [6.07, 6.45) is -0.253. The highest BCUT2D eigenvalue weighted by Crippen LogP contribution is 2.29. The van der Waals surface area contributed by atoms with E-state index in [4.69, 9.17) is 9.47 Å². The van der Waals surface area contributed by atoms with Gasteiger partial charge in [-0.15, -0.1) is 11.3 Å². The van der Waals surface area contributed by atoms with Crippen molar-refractivity contribution in [3.8, 4) is 5.75 Å². The van der Waals surface area contributed by atoms with E-state index < -0.39 is 11.5 Å². The quantitative estimate of drug-likeness (QED) is 0.753. The van der Waals surface area contributed by atoms with E-state index in [1.807, 2.05) is 11.4 Å². The van der Waals surface area contributed by atoms with Crippen LogP contribution in [0.3, 0.4) is 0 Å². The van der Waals surface area contributed by atoms with Crippen molar-refractivity contribution in [3.05, 3.63) is 51.7 Å². The predicted molar refractivity (Wildman–Crippen MR) is 95.1 cm³/mol. The molecule has 1 amide bonds. The number of amides is 1. The first-order valence-electron chi connectivity index (χ1n) is 7.64. The number of ether oxygens (including phenoxy) is 2. The van der Waals surface area contributed by atoms with E-state index in [9.17, 15) is 14.7 Å². The molecule has 2 rings (SSSR count). The molecule has 25 heavy (non-hydrogen) atoms. The summed E-state index contributed by atoms with van der Waals surface area (Å²) in [5.74, 6) is -0.734. The fourth-order valence-corrected chi connectivity index (χ4v) is 3.40. The number of carboxylic acid groups (broad SMARTS) is 1. The predicted octanol–water partition coefficient (Wildman–Crippen LogP) is 3.02. The van der Waals surface area contributed by atoms with Gasteiger partial charge in [-0.2, -0.15) is 0 Å². The van der Waals surface area contributed by atoms with Gasteiger partial charge in [-0.3, -0.25) is 9.59 Å². The molecule has 1 aromatic carbocycles. The van der Waals surface area contributed by atoms with Crippen LogP contribution in [0.25, 0.3) is 0 Å². The molecule has 2 N–H and O–H groups in total. The molecule has 1 aromatic heterocycles. The maximum Gasteiger partial charge on any atom is 0.306 e. The van der Waals surface area contributed by atoms with Gasteiger partial charge in [0, 0.05) is 12.7 Å². The lowest BCUT2D eigenvalue weighted by molar-refractivity contribution is -0.138. The van der Waals surface area contributed by atoms with Gasteiger partial charge < -0.3 is 19.9 Å². The van der Waals surface area contributed by atoms with Gasteiger partial charge in [-0.25, -0.2) is 0 Å². The minimum Gasteiger partial charge on any atom is -0.497 e. The van der Waals surface area contributed by atoms with Crippen LogP contribution in [0.4, 0.5) is 0 Å². The summed E-state index contributed by atoms with van der Waals surface area (Å²) in [4.78, 5) is 24.6. The maximum absolute atomic E-state index is 12.7. The second kappa shape index (κ2) is 8.13. The van der Waals surface area contributed by atoms with E-state index in [0.717, 1.165) is 5.56 Å². The monoisotopic (exact) mass is 363 g/mol. The molecule has 2 aromatic rings. The Balaban J connectivity index is 2.34. The molecule has 1 unspecified atom stereocenters. The van der Waals surface area contributed by atoms with Crippen LogP contribution in [0.15, 0.2) is 35.7 Å². The Morgan fingerprint density at radius 2 is 2.04 bits per heavy atom. The third kappa shape index (κ3) is 4.58. The van der Waals surface area contributed by atoms with Crippen LogP contribution < -0.4 is 10.1 Å². The first-order valence-corrected chi connectivity index (χ1v) is 8.51. The minimum absolute atomic E-state index is 0.253. The smallest absolute Gasteiger partial charge is 0.306 e. The number of rotatable bonds is 8. The topological polar surface area (TPSA) is 84.9 Å². The van der Waals surface area contributed by atoms with Crippen LogP contribution in [0.1, 0.15) is 34.1 Å². The SMILES string of the molecule is COCc1ccsc1C(=O)NC(C)(CC(=O)O)c1cccc(OC)c1. The Morgan fingerprint density at radius 3 is 2.68 bits per heavy atom. The molecule has 0 aliphatic rings. The first-order chi connectivity index (χ1) is 11.9. The average molecular weight is 363 g/mol. The zero-order valence-electron chi connectivity index (χ0n) is 14.4. The molecule has 0 bridgehead atoms. The van der Waals surface area contributed by atoms with Crippen molar-refractivity contribution in [1.29, 1.82) is 0 Å². The number of nitrogens with one attached hydrogen (secondary N) is 1. The van der Waals surface area contributed by atoms with Crippen LogP contribution in [0, 0.1) is 0 Å². The van der Waals surface area contributed by atoms with Gasteiger partial charge in [0.15, 0.2) is 0 Å². The fraction of sp³-hybridized carbons (Fsp3) is 0.333. The van der Waals surface area contributed by atoms with Gasteiger partial charge >= 0.3 is 5.97 Å². The van der Waals surface area contributed by atoms with Crippen molar-refractivity contribution in [1.82, 2.24) is 5.32 Å². The number of aliphatic carboxylic acids is 1. The van der Waals surface area contributed by atoms with Crippen LogP contribution in [-0.4, -0.2) is 31.2 Å². The zero-order valence-corrected chi connectivity index (χ0v) is 15.2. The molecular weight excluding hydrogens is 342 g/mol. The number of benzene rings is 1. The highest BCUT2D eigenvalue weighted by molar-refractivity contribution is 7.12. The van der Waals surface area contributed by atoms with Gasteiger partial charge in [0.05, 0.1) is 30.6 Å². The Morgan fingerprint density at radius 1 is 1.28 bits per heavy atom. The van der Waals surface area contributed by atoms with Crippen LogP contribution in [0.5, 0.6) is 5.75 Å². The molecule has 6 nitrogen and oxygen atoms in total. The average Bonchev–Trinajstić information content (AvgIpc) is 3.03. The number of hydrogen-bond donors (Lipinski definition) is 2. The number of methoxy groups -OCH3 is 2. The van der Waals surface area contributed by atoms with Gasteiger partial charge in [-0.1, -0.05) is 12.1 Å². The number of carbonyl (C=O) groups is 2. The summed E-state index contributed by atoms with van der Waals surface area (Å²) in [5, 5.41) is 14.0. The fourth-order valence-electron chi connectivity index (χ4n) is 2.60. The van der Waals surface area contributed by atoms with E-state index in [1.165, 1.54) is 18.4 Å². The second-order valence-electron chi connectivity index (χ2n) is 5.80. The molecular formula is C18H21NO5S. The largest absolute Gasteiger partial charge is 0.497 e. The lowest BCUT2D eigenvalue weighted by atomic mass is 9.88. The summed E-state index contributed by atoms with van der Waals surface area (Å²) < 4.78 is 10.3. The van der Waals surface area contributed by atoms with Crippen molar-refractivity contribution < 1.29 is 24.2 Å². The number of carboxylic acids is 1. The molecule has 7 heteroatoms. The highest BCUT2D eigenvalue weighted by atomic mass is 32.1. The first kappa shape index (κ1) is 19.0. The minimum atomic E-state index is -1.08. The molecule has 0 aliphatic carbocycles. The van der Waals surface area contributed by atoms with E-state index in [0.29, 0.717) is 22.8 Å². The molecule has 0 spiro atoms. The van der Waals surface area contributed by atoms with E-state index >= 15 is 0 Å². The number of hydrogen-bond acceptors (Lipinski definition) is 5. The van der Waals surface area contributed by atoms with E-state index in [1.54, 1.807) is 38.3 Å². The van der Waals surface area contributed by atoms with Crippen LogP contribution >= 0.6 is 11.3 Å². The third-order valence-corrected chi connectivity index (χ3v) is 4.81. The summed E-state index contributed by atoms with van der Waals surface area (Å²) in [6, 6.07) is 8.86. The second-order valence-corrected chi connectivity index (χ2v) is 6.71. The van der Waals surface area contributed by atoms with E-state index in [-0.39, 0.29) is 12.3 Å². The van der Waals surface area contributed by atoms with Crippen LogP contribution in [-0.2, 0) is 21.7 Å². The number of carbonyl (C=O) groups excluding carboxylic acids is 1. The van der Waals surface area contributed by atoms with Crippen molar-refractivity contribution in [3.63, 3.8) is 0 Å². The molecule has 0 aliphatic heterocycles. The van der Waals surface area contributed by atoms with Crippen LogP contribution in [0.2, 0.25) is 0 Å². The van der Waals surface area contributed by atoms with Gasteiger partial charge in [-0.05, 0) is 36.1 Å². The van der Waals surface area contributed by atoms with Gasteiger partial charge in [0.25, 0.3) is 5.91 Å². The molecule has 0 fully saturated rings. The van der Waals surface area contributed by atoms with Crippen molar-refractivity contribution >= 4 is 23.2 Å². The molecule has 134 valence electrons.